The van der Waals surface area contributed by atoms with Crippen molar-refractivity contribution >= 4 is 32.6 Å². The maximum atomic E-state index is 5.21. The van der Waals surface area contributed by atoms with E-state index < -0.39 is 0 Å². The van der Waals surface area contributed by atoms with E-state index in [1.165, 1.54) is 0 Å². The van der Waals surface area contributed by atoms with Gasteiger partial charge >= 0.3 is 0 Å². The van der Waals surface area contributed by atoms with Crippen LogP contribution in [0.3, 0.4) is 0 Å². The minimum atomic E-state index is 0.632. The Morgan fingerprint density at radius 2 is 1.93 bits per heavy atom. The molecule has 0 spiro atoms. The zero-order valence-corrected chi connectivity index (χ0v) is 16.5. The smallest absolute Gasteiger partial charge is 0.170 e. The molecule has 0 saturated carbocycles. The summed E-state index contributed by atoms with van der Waals surface area (Å²) in [5.41, 5.74) is 3.54. The van der Waals surface area contributed by atoms with Crippen LogP contribution in [0, 0.1) is 0 Å². The second-order valence-corrected chi connectivity index (χ2v) is 7.25. The van der Waals surface area contributed by atoms with Gasteiger partial charge in [0.2, 0.25) is 0 Å². The van der Waals surface area contributed by atoms with E-state index in [2.05, 4.69) is 31.1 Å². The molecule has 5 rings (SSSR count). The predicted octanol–water partition coefficient (Wildman–Crippen LogP) is 3.83. The Bertz CT molecular complexity index is 1290. The van der Waals surface area contributed by atoms with Gasteiger partial charge in [-0.15, -0.1) is 5.10 Å². The molecule has 0 bridgehead atoms. The summed E-state index contributed by atoms with van der Waals surface area (Å²) < 4.78 is 9.70. The maximum absolute atomic E-state index is 5.21. The van der Waals surface area contributed by atoms with Gasteiger partial charge in [-0.3, -0.25) is 0 Å². The number of methoxy groups -OCH3 is 1. The highest BCUT2D eigenvalue weighted by Crippen LogP contribution is 2.22. The van der Waals surface area contributed by atoms with E-state index in [1.807, 2.05) is 48.5 Å². The van der Waals surface area contributed by atoms with E-state index in [9.17, 15) is 0 Å². The summed E-state index contributed by atoms with van der Waals surface area (Å²) in [5.74, 6) is 1.56. The molecule has 28 heavy (non-hydrogen) atoms. The van der Waals surface area contributed by atoms with Crippen molar-refractivity contribution in [2.75, 3.05) is 7.11 Å². The van der Waals surface area contributed by atoms with Crippen molar-refractivity contribution in [3.8, 4) is 11.4 Å². The van der Waals surface area contributed by atoms with Crippen LogP contribution in [0.1, 0.15) is 11.4 Å². The molecule has 0 radical (unpaired) electrons. The third-order valence-electron chi connectivity index (χ3n) is 4.52. The van der Waals surface area contributed by atoms with E-state index in [0.717, 1.165) is 44.0 Å². The van der Waals surface area contributed by atoms with Crippen LogP contribution in [0.4, 0.5) is 0 Å². The van der Waals surface area contributed by atoms with Crippen LogP contribution in [0.5, 0.6) is 5.75 Å². The second-order valence-electron chi connectivity index (χ2n) is 6.34. The van der Waals surface area contributed by atoms with Gasteiger partial charge in [0, 0.05) is 10.9 Å². The van der Waals surface area contributed by atoms with Crippen LogP contribution >= 0.6 is 15.9 Å². The van der Waals surface area contributed by atoms with E-state index >= 15 is 0 Å². The Kier molecular flexibility index (Phi) is 4.05. The highest BCUT2D eigenvalue weighted by molar-refractivity contribution is 9.10. The molecule has 0 fully saturated rings. The molecule has 3 aromatic heterocycles. The van der Waals surface area contributed by atoms with Crippen LogP contribution in [0.2, 0.25) is 0 Å². The monoisotopic (exact) mass is 434 g/mol. The number of hydrogen-bond donors (Lipinski definition) is 0. The molecule has 3 heterocycles. The first-order valence-electron chi connectivity index (χ1n) is 8.68. The first kappa shape index (κ1) is 16.9. The average molecular weight is 435 g/mol. The largest absolute Gasteiger partial charge is 0.497 e. The van der Waals surface area contributed by atoms with Gasteiger partial charge in [-0.25, -0.2) is 19.2 Å². The summed E-state index contributed by atoms with van der Waals surface area (Å²) in [5, 5.41) is 9.93. The standard InChI is InChI=1S/C20H15BrN6O/c1-28-16-7-5-13(6-8-16)9-18-24-20-17-11-23-27(15-4-2-3-14(21)10-15)19(17)22-12-26(20)25-18/h2-8,10-12H,9H2,1H3. The van der Waals surface area contributed by atoms with Gasteiger partial charge in [0.25, 0.3) is 0 Å². The van der Waals surface area contributed by atoms with Crippen molar-refractivity contribution in [2.45, 2.75) is 6.42 Å². The van der Waals surface area contributed by atoms with Gasteiger partial charge in [0.05, 0.1) is 24.4 Å². The molecule has 0 saturated heterocycles. The summed E-state index contributed by atoms with van der Waals surface area (Å²) >= 11 is 3.50. The normalized spacial score (nSPS) is 11.4. The number of benzene rings is 2. The molecule has 0 aliphatic carbocycles. The van der Waals surface area contributed by atoms with E-state index in [-0.39, 0.29) is 0 Å². The average Bonchev–Trinajstić information content (AvgIpc) is 3.32. The quantitative estimate of drug-likeness (QED) is 0.429. The van der Waals surface area contributed by atoms with Gasteiger partial charge in [0.1, 0.15) is 12.1 Å². The zero-order chi connectivity index (χ0) is 19.1. The Balaban J connectivity index is 1.55. The Labute approximate surface area is 168 Å². The molecule has 8 heteroatoms. The summed E-state index contributed by atoms with van der Waals surface area (Å²) in [6, 6.07) is 15.8. The molecule has 2 aromatic carbocycles. The predicted molar refractivity (Wildman–Crippen MR) is 109 cm³/mol. The molecular weight excluding hydrogens is 420 g/mol. The van der Waals surface area contributed by atoms with Crippen LogP contribution in [0.25, 0.3) is 22.4 Å². The Morgan fingerprint density at radius 1 is 1.07 bits per heavy atom. The van der Waals surface area contributed by atoms with Gasteiger partial charge < -0.3 is 4.74 Å². The second kappa shape index (κ2) is 6.72. The van der Waals surface area contributed by atoms with Crippen LogP contribution in [-0.4, -0.2) is 36.5 Å². The lowest BCUT2D eigenvalue weighted by Crippen LogP contribution is -1.99. The number of aromatic nitrogens is 6. The van der Waals surface area contributed by atoms with Crippen molar-refractivity contribution in [3.63, 3.8) is 0 Å². The number of ether oxygens (including phenoxy) is 1. The van der Waals surface area contributed by atoms with E-state index in [1.54, 1.807) is 28.8 Å². The minimum Gasteiger partial charge on any atom is -0.497 e. The van der Waals surface area contributed by atoms with Gasteiger partial charge in [-0.1, -0.05) is 34.1 Å². The molecule has 7 nitrogen and oxygen atoms in total. The summed E-state index contributed by atoms with van der Waals surface area (Å²) in [4.78, 5) is 9.27. The van der Waals surface area contributed by atoms with Crippen molar-refractivity contribution in [2.24, 2.45) is 0 Å². The molecular formula is C20H15BrN6O. The number of hydrogen-bond acceptors (Lipinski definition) is 5. The lowest BCUT2D eigenvalue weighted by atomic mass is 10.1. The molecule has 0 unspecified atom stereocenters. The van der Waals surface area contributed by atoms with Crippen molar-refractivity contribution in [1.29, 1.82) is 0 Å². The number of nitrogens with zero attached hydrogens (tertiary/aromatic N) is 6. The van der Waals surface area contributed by atoms with Crippen LogP contribution in [-0.2, 0) is 6.42 Å². The summed E-state index contributed by atoms with van der Waals surface area (Å²) in [7, 11) is 1.66. The number of halogens is 1. The molecule has 0 N–H and O–H groups in total. The van der Waals surface area contributed by atoms with E-state index in [4.69, 9.17) is 9.72 Å². The fourth-order valence-corrected chi connectivity index (χ4v) is 3.55. The van der Waals surface area contributed by atoms with E-state index in [0.29, 0.717) is 6.42 Å². The first-order valence-corrected chi connectivity index (χ1v) is 9.47. The molecule has 5 aromatic rings. The first-order chi connectivity index (χ1) is 13.7. The van der Waals surface area contributed by atoms with Crippen molar-refractivity contribution in [3.05, 3.63) is 76.9 Å². The molecule has 0 aliphatic rings. The molecule has 0 amide bonds. The van der Waals surface area contributed by atoms with Crippen LogP contribution < -0.4 is 4.74 Å². The summed E-state index contributed by atoms with van der Waals surface area (Å²) in [6.45, 7) is 0. The lowest BCUT2D eigenvalue weighted by molar-refractivity contribution is 0.414. The highest BCUT2D eigenvalue weighted by Gasteiger charge is 2.14. The summed E-state index contributed by atoms with van der Waals surface area (Å²) in [6.07, 6.45) is 4.09. The maximum Gasteiger partial charge on any atom is 0.170 e. The third kappa shape index (κ3) is 2.91. The zero-order valence-electron chi connectivity index (χ0n) is 15.0. The SMILES string of the molecule is COc1ccc(Cc2nc3c4cnn(-c5cccc(Br)c5)c4ncn3n2)cc1. The molecule has 138 valence electrons. The fraction of sp³-hybridized carbons (Fsp3) is 0.100. The molecule has 0 aliphatic heterocycles. The Morgan fingerprint density at radius 3 is 2.71 bits per heavy atom. The lowest BCUT2D eigenvalue weighted by Gasteiger charge is -2.03. The number of fused-ring (bicyclic) bond motifs is 3. The van der Waals surface area contributed by atoms with Crippen LogP contribution in [0.15, 0.2) is 65.5 Å². The van der Waals surface area contributed by atoms with Gasteiger partial charge in [-0.2, -0.15) is 5.10 Å². The highest BCUT2D eigenvalue weighted by atomic mass is 79.9. The van der Waals surface area contributed by atoms with Crippen molar-refractivity contribution < 1.29 is 4.74 Å². The molecule has 0 atom stereocenters. The topological polar surface area (TPSA) is 70.1 Å². The minimum absolute atomic E-state index is 0.632. The van der Waals surface area contributed by atoms with Gasteiger partial charge in [0.15, 0.2) is 17.1 Å². The van der Waals surface area contributed by atoms with Crippen molar-refractivity contribution in [1.82, 2.24) is 29.4 Å². The fourth-order valence-electron chi connectivity index (χ4n) is 3.16. The number of rotatable bonds is 4. The third-order valence-corrected chi connectivity index (χ3v) is 5.02. The Hall–Kier alpha value is -3.26. The van der Waals surface area contributed by atoms with Gasteiger partial charge in [-0.05, 0) is 35.9 Å².